The lowest BCUT2D eigenvalue weighted by molar-refractivity contribution is 0.302. The number of aromatic nitrogens is 1. The molecule has 1 aromatic heterocycles. The molecule has 0 unspecified atom stereocenters. The molecule has 16 heavy (non-hydrogen) atoms. The third-order valence-corrected chi connectivity index (χ3v) is 2.45. The number of pyridine rings is 1. The van der Waals surface area contributed by atoms with E-state index in [-0.39, 0.29) is 0 Å². The fourth-order valence-corrected chi connectivity index (χ4v) is 1.65. The van der Waals surface area contributed by atoms with Crippen LogP contribution in [0.2, 0.25) is 0 Å². The highest BCUT2D eigenvalue weighted by Gasteiger charge is 2.14. The van der Waals surface area contributed by atoms with E-state index in [1.165, 1.54) is 0 Å². The third-order valence-electron chi connectivity index (χ3n) is 1.98. The molecule has 0 aliphatic heterocycles. The first-order valence-corrected chi connectivity index (χ1v) is 6.37. The van der Waals surface area contributed by atoms with Crippen molar-refractivity contribution in [3.05, 3.63) is 36.5 Å². The molecule has 2 N–H and O–H groups in total. The second-order valence-corrected chi connectivity index (χ2v) is 4.86. The summed E-state index contributed by atoms with van der Waals surface area (Å²) in [6.45, 7) is 0. The number of benzene rings is 1. The summed E-state index contributed by atoms with van der Waals surface area (Å²) < 4.78 is 15.7. The number of nitrogens with zero attached hydrogens (tertiary/aromatic N) is 1. The second-order valence-electron chi connectivity index (χ2n) is 3.27. The number of hydrogen-bond donors (Lipinski definition) is 2. The largest absolute Gasteiger partial charge is 0.479 e. The van der Waals surface area contributed by atoms with Gasteiger partial charge in [-0.25, -0.2) is 0 Å². The van der Waals surface area contributed by atoms with Crippen molar-refractivity contribution in [3.63, 3.8) is 0 Å². The van der Waals surface area contributed by atoms with Gasteiger partial charge in [0, 0.05) is 11.6 Å². The van der Waals surface area contributed by atoms with Gasteiger partial charge in [0.15, 0.2) is 6.35 Å². The molecule has 0 saturated heterocycles. The Hall–Kier alpha value is -1.42. The van der Waals surface area contributed by atoms with Crippen LogP contribution in [0.25, 0.3) is 10.9 Å². The van der Waals surface area contributed by atoms with Gasteiger partial charge >= 0.3 is 7.60 Å². The zero-order valence-corrected chi connectivity index (χ0v) is 9.17. The summed E-state index contributed by atoms with van der Waals surface area (Å²) in [5.41, 5.74) is 0.596. The first-order valence-electron chi connectivity index (χ1n) is 4.57. The summed E-state index contributed by atoms with van der Waals surface area (Å²) in [6, 6.07) is 8.87. The molecule has 84 valence electrons. The van der Waals surface area contributed by atoms with Crippen LogP contribution in [0, 0.1) is 0 Å². The van der Waals surface area contributed by atoms with Crippen LogP contribution < -0.4 is 4.74 Å². The Bertz CT molecular complexity index is 546. The summed E-state index contributed by atoms with van der Waals surface area (Å²) in [5.74, 6) is 0.376. The van der Waals surface area contributed by atoms with E-state index >= 15 is 0 Å². The van der Waals surface area contributed by atoms with Crippen LogP contribution >= 0.6 is 7.60 Å². The molecule has 0 radical (unpaired) electrons. The minimum atomic E-state index is -4.16. The lowest BCUT2D eigenvalue weighted by Crippen LogP contribution is -1.98. The van der Waals surface area contributed by atoms with Gasteiger partial charge in [-0.15, -0.1) is 0 Å². The molecule has 1 heterocycles. The average molecular weight is 239 g/mol. The lowest BCUT2D eigenvalue weighted by atomic mass is 10.2. The summed E-state index contributed by atoms with van der Waals surface area (Å²) >= 11 is 0. The maximum absolute atomic E-state index is 10.7. The molecular weight excluding hydrogens is 229 g/mol. The molecule has 5 nitrogen and oxygen atoms in total. The average Bonchev–Trinajstić information content (AvgIpc) is 2.25. The predicted octanol–water partition coefficient (Wildman–Crippen LogP) is 1.75. The molecule has 2 rings (SSSR count). The van der Waals surface area contributed by atoms with Crippen LogP contribution in [0.1, 0.15) is 0 Å². The smallest absolute Gasteiger partial charge is 0.362 e. The Labute approximate surface area is 91.9 Å². The fraction of sp³-hybridized carbons (Fsp3) is 0.100. The quantitative estimate of drug-likeness (QED) is 0.797. The van der Waals surface area contributed by atoms with Crippen LogP contribution in [-0.4, -0.2) is 21.1 Å². The zero-order chi connectivity index (χ0) is 11.6. The van der Waals surface area contributed by atoms with Crippen LogP contribution in [0.15, 0.2) is 36.5 Å². The molecule has 6 heteroatoms. The van der Waals surface area contributed by atoms with E-state index in [2.05, 4.69) is 4.98 Å². The zero-order valence-electron chi connectivity index (χ0n) is 8.28. The first kappa shape index (κ1) is 11.1. The molecule has 0 fully saturated rings. The van der Waals surface area contributed by atoms with Crippen molar-refractivity contribution in [2.24, 2.45) is 0 Å². The van der Waals surface area contributed by atoms with Crippen molar-refractivity contribution in [1.82, 2.24) is 4.98 Å². The first-order chi connectivity index (χ1) is 7.56. The van der Waals surface area contributed by atoms with E-state index in [0.29, 0.717) is 11.3 Å². The molecule has 0 bridgehead atoms. The molecule has 0 amide bonds. The van der Waals surface area contributed by atoms with Gasteiger partial charge in [-0.1, -0.05) is 18.2 Å². The van der Waals surface area contributed by atoms with Crippen LogP contribution in [0.5, 0.6) is 5.75 Å². The maximum Gasteiger partial charge on any atom is 0.362 e. The summed E-state index contributed by atoms with van der Waals surface area (Å²) in [7, 11) is -4.16. The van der Waals surface area contributed by atoms with E-state index in [0.717, 1.165) is 5.39 Å². The molecular formula is C10H10NO4P. The van der Waals surface area contributed by atoms with Crippen molar-refractivity contribution in [3.8, 4) is 5.75 Å². The fourth-order valence-electron chi connectivity index (χ4n) is 1.35. The Kier molecular flexibility index (Phi) is 2.92. The topological polar surface area (TPSA) is 79.7 Å². The van der Waals surface area contributed by atoms with E-state index in [1.807, 2.05) is 12.1 Å². The third kappa shape index (κ3) is 2.58. The lowest BCUT2D eigenvalue weighted by Gasteiger charge is -2.08. The van der Waals surface area contributed by atoms with Gasteiger partial charge in [-0.05, 0) is 12.1 Å². The standard InChI is InChI=1S/C10H10NO4P/c12-16(13,14)7-15-9-5-1-3-8-4-2-6-11-10(8)9/h1-6H,7H2,(H2,12,13,14). The Morgan fingerprint density at radius 2 is 2.00 bits per heavy atom. The highest BCUT2D eigenvalue weighted by molar-refractivity contribution is 7.51. The van der Waals surface area contributed by atoms with Crippen molar-refractivity contribution < 1.29 is 19.1 Å². The number of rotatable bonds is 3. The van der Waals surface area contributed by atoms with E-state index in [1.54, 1.807) is 24.4 Å². The van der Waals surface area contributed by atoms with Crippen molar-refractivity contribution in [2.45, 2.75) is 0 Å². The Morgan fingerprint density at radius 1 is 1.25 bits per heavy atom. The highest BCUT2D eigenvalue weighted by atomic mass is 31.2. The van der Waals surface area contributed by atoms with E-state index in [4.69, 9.17) is 14.5 Å². The molecule has 0 spiro atoms. The molecule has 0 saturated carbocycles. The van der Waals surface area contributed by atoms with Gasteiger partial charge in [0.1, 0.15) is 11.3 Å². The van der Waals surface area contributed by atoms with Gasteiger partial charge in [-0.3, -0.25) is 9.55 Å². The minimum absolute atomic E-state index is 0.376. The Balaban J connectivity index is 2.34. The van der Waals surface area contributed by atoms with Gasteiger partial charge in [0.2, 0.25) is 0 Å². The SMILES string of the molecule is O=P(O)(O)COc1cccc2cccnc12. The molecule has 0 atom stereocenters. The van der Waals surface area contributed by atoms with Crippen molar-refractivity contribution in [1.29, 1.82) is 0 Å². The van der Waals surface area contributed by atoms with Crippen molar-refractivity contribution >= 4 is 18.5 Å². The molecule has 1 aromatic carbocycles. The predicted molar refractivity (Wildman–Crippen MR) is 59.3 cm³/mol. The van der Waals surface area contributed by atoms with Gasteiger partial charge < -0.3 is 14.5 Å². The van der Waals surface area contributed by atoms with Gasteiger partial charge in [0.25, 0.3) is 0 Å². The van der Waals surface area contributed by atoms with Crippen LogP contribution in [0.3, 0.4) is 0 Å². The van der Waals surface area contributed by atoms with Gasteiger partial charge in [-0.2, -0.15) is 0 Å². The minimum Gasteiger partial charge on any atom is -0.479 e. The van der Waals surface area contributed by atoms with Crippen LogP contribution in [0.4, 0.5) is 0 Å². The van der Waals surface area contributed by atoms with E-state index in [9.17, 15) is 4.57 Å². The number of hydrogen-bond acceptors (Lipinski definition) is 3. The normalized spacial score (nSPS) is 11.6. The summed E-state index contributed by atoms with van der Waals surface area (Å²) in [4.78, 5) is 21.5. The van der Waals surface area contributed by atoms with Crippen molar-refractivity contribution in [2.75, 3.05) is 6.35 Å². The van der Waals surface area contributed by atoms with Gasteiger partial charge in [0.05, 0.1) is 0 Å². The Morgan fingerprint density at radius 3 is 2.75 bits per heavy atom. The van der Waals surface area contributed by atoms with Crippen LogP contribution in [-0.2, 0) is 4.57 Å². The summed E-state index contributed by atoms with van der Waals surface area (Å²) in [5, 5.41) is 0.866. The number of fused-ring (bicyclic) bond motifs is 1. The second kappa shape index (κ2) is 4.22. The highest BCUT2D eigenvalue weighted by Crippen LogP contribution is 2.35. The summed E-state index contributed by atoms with van der Waals surface area (Å²) in [6.07, 6.45) is 0.968. The van der Waals surface area contributed by atoms with E-state index < -0.39 is 13.9 Å². The molecule has 0 aliphatic rings. The molecule has 2 aromatic rings. The molecule has 0 aliphatic carbocycles. The monoisotopic (exact) mass is 239 g/mol. The number of ether oxygens (including phenoxy) is 1. The number of para-hydroxylation sites is 1. The maximum atomic E-state index is 10.7.